The van der Waals surface area contributed by atoms with E-state index in [4.69, 9.17) is 9.47 Å². The minimum Gasteiger partial charge on any atom is -0.465 e. The summed E-state index contributed by atoms with van der Waals surface area (Å²) < 4.78 is 38.3. The molecule has 0 aliphatic rings. The number of aromatic amines is 1. The first-order valence-corrected chi connectivity index (χ1v) is 8.89. The van der Waals surface area contributed by atoms with Crippen LogP contribution in [0.2, 0.25) is 0 Å². The van der Waals surface area contributed by atoms with Crippen LogP contribution >= 0.6 is 0 Å². The van der Waals surface area contributed by atoms with E-state index < -0.39 is 30.4 Å². The molecular formula is C21H21F2NO6. The van der Waals surface area contributed by atoms with Crippen molar-refractivity contribution in [2.24, 2.45) is 0 Å². The molecule has 1 N–H and O–H groups in total. The highest BCUT2D eigenvalue weighted by molar-refractivity contribution is 6.04. The molecular weight excluding hydrogens is 400 g/mol. The second-order valence-corrected chi connectivity index (χ2v) is 6.34. The van der Waals surface area contributed by atoms with Crippen molar-refractivity contribution in [2.75, 3.05) is 7.11 Å². The molecule has 1 atom stereocenters. The largest absolute Gasteiger partial charge is 0.465 e. The van der Waals surface area contributed by atoms with Gasteiger partial charge >= 0.3 is 18.6 Å². The maximum atomic E-state index is 12.6. The van der Waals surface area contributed by atoms with Crippen molar-refractivity contribution < 1.29 is 37.4 Å². The zero-order chi connectivity index (χ0) is 22.4. The van der Waals surface area contributed by atoms with Crippen LogP contribution in [0.5, 0.6) is 5.75 Å². The van der Waals surface area contributed by atoms with Crippen molar-refractivity contribution in [1.82, 2.24) is 4.98 Å². The summed E-state index contributed by atoms with van der Waals surface area (Å²) in [5.41, 5.74) is 1.85. The number of carbonyl (C=O) groups is 3. The maximum absolute atomic E-state index is 12.6. The maximum Gasteiger partial charge on any atom is 0.387 e. The molecule has 2 aromatic rings. The van der Waals surface area contributed by atoms with Crippen molar-refractivity contribution in [2.45, 2.75) is 33.5 Å². The fourth-order valence-electron chi connectivity index (χ4n) is 2.80. The number of halogens is 2. The van der Waals surface area contributed by atoms with Crippen LogP contribution in [0.3, 0.4) is 0 Å². The lowest BCUT2D eigenvalue weighted by atomic mass is 10.1. The van der Waals surface area contributed by atoms with Gasteiger partial charge in [0.2, 0.25) is 5.78 Å². The standard InChI is InChI=1S/C21H21F2NO6/c1-11-17(20(27)28-4)12(2)24-18(11)19(26)13(3)29-16(25)10-7-14-5-8-15(9-6-14)30-21(22)23/h5-10,13,21,24H,1-4H3/b10-7+. The Balaban J connectivity index is 2.02. The Labute approximate surface area is 171 Å². The van der Waals surface area contributed by atoms with Crippen molar-refractivity contribution in [3.63, 3.8) is 0 Å². The van der Waals surface area contributed by atoms with E-state index in [2.05, 4.69) is 9.72 Å². The number of ketones is 1. The molecule has 0 bridgehead atoms. The summed E-state index contributed by atoms with van der Waals surface area (Å²) in [5, 5.41) is 0. The highest BCUT2D eigenvalue weighted by atomic mass is 19.3. The quantitative estimate of drug-likeness (QED) is 0.395. The van der Waals surface area contributed by atoms with Crippen LogP contribution < -0.4 is 4.74 Å². The van der Waals surface area contributed by atoms with Gasteiger partial charge < -0.3 is 19.2 Å². The summed E-state index contributed by atoms with van der Waals surface area (Å²) in [5.74, 6) is -1.84. The van der Waals surface area contributed by atoms with Gasteiger partial charge in [-0.05, 0) is 50.1 Å². The monoisotopic (exact) mass is 421 g/mol. The predicted octanol–water partition coefficient (Wildman–Crippen LogP) is 3.85. The molecule has 1 unspecified atom stereocenters. The van der Waals surface area contributed by atoms with Crippen molar-refractivity contribution in [3.8, 4) is 5.75 Å². The Morgan fingerprint density at radius 3 is 2.30 bits per heavy atom. The van der Waals surface area contributed by atoms with Gasteiger partial charge in [0.1, 0.15) is 5.75 Å². The van der Waals surface area contributed by atoms with Gasteiger partial charge in [-0.1, -0.05) is 12.1 Å². The average molecular weight is 421 g/mol. The smallest absolute Gasteiger partial charge is 0.387 e. The van der Waals surface area contributed by atoms with Crippen LogP contribution in [0.15, 0.2) is 30.3 Å². The molecule has 0 radical (unpaired) electrons. The molecule has 1 heterocycles. The summed E-state index contributed by atoms with van der Waals surface area (Å²) in [7, 11) is 1.24. The van der Waals surface area contributed by atoms with E-state index in [-0.39, 0.29) is 17.0 Å². The highest BCUT2D eigenvalue weighted by Gasteiger charge is 2.26. The molecule has 160 valence electrons. The molecule has 1 aromatic heterocycles. The third-order valence-corrected chi connectivity index (χ3v) is 4.25. The van der Waals surface area contributed by atoms with Gasteiger partial charge in [-0.15, -0.1) is 0 Å². The summed E-state index contributed by atoms with van der Waals surface area (Å²) in [6, 6.07) is 5.63. The van der Waals surface area contributed by atoms with Crippen LogP contribution in [0.4, 0.5) is 8.78 Å². The van der Waals surface area contributed by atoms with Crippen LogP contribution in [0, 0.1) is 13.8 Å². The topological polar surface area (TPSA) is 94.7 Å². The fourth-order valence-corrected chi connectivity index (χ4v) is 2.80. The van der Waals surface area contributed by atoms with Gasteiger partial charge in [-0.25, -0.2) is 9.59 Å². The van der Waals surface area contributed by atoms with Gasteiger partial charge in [0.05, 0.1) is 18.4 Å². The van der Waals surface area contributed by atoms with Gasteiger partial charge in [0.15, 0.2) is 6.10 Å². The number of hydrogen-bond acceptors (Lipinski definition) is 6. The van der Waals surface area contributed by atoms with E-state index in [0.29, 0.717) is 16.8 Å². The van der Waals surface area contributed by atoms with Crippen LogP contribution in [0.1, 0.15) is 44.6 Å². The Morgan fingerprint density at radius 2 is 1.73 bits per heavy atom. The van der Waals surface area contributed by atoms with Crippen molar-refractivity contribution >= 4 is 23.8 Å². The molecule has 2 rings (SSSR count). The number of methoxy groups -OCH3 is 1. The van der Waals surface area contributed by atoms with Gasteiger partial charge in [-0.2, -0.15) is 8.78 Å². The second kappa shape index (κ2) is 9.82. The number of alkyl halides is 2. The summed E-state index contributed by atoms with van der Waals surface area (Å²) in [4.78, 5) is 39.3. The molecule has 30 heavy (non-hydrogen) atoms. The van der Waals surface area contributed by atoms with Crippen LogP contribution in [0.25, 0.3) is 6.08 Å². The minimum atomic E-state index is -2.92. The van der Waals surface area contributed by atoms with Gasteiger partial charge in [0, 0.05) is 11.8 Å². The number of aryl methyl sites for hydroxylation is 1. The lowest BCUT2D eigenvalue weighted by molar-refractivity contribution is -0.140. The molecule has 0 saturated heterocycles. The first-order chi connectivity index (χ1) is 14.1. The number of Topliss-reactive ketones (excluding diaryl/α,β-unsaturated/α-hetero) is 1. The molecule has 9 heteroatoms. The van der Waals surface area contributed by atoms with Crippen molar-refractivity contribution in [3.05, 3.63) is 58.4 Å². The van der Waals surface area contributed by atoms with E-state index in [0.717, 1.165) is 6.08 Å². The van der Waals surface area contributed by atoms with E-state index in [1.54, 1.807) is 13.8 Å². The third kappa shape index (κ3) is 5.53. The second-order valence-electron chi connectivity index (χ2n) is 6.34. The number of benzene rings is 1. The van der Waals surface area contributed by atoms with Gasteiger partial charge in [0.25, 0.3) is 0 Å². The molecule has 0 fully saturated rings. The third-order valence-electron chi connectivity index (χ3n) is 4.25. The number of rotatable bonds is 8. The molecule has 1 aromatic carbocycles. The fraction of sp³-hybridized carbons (Fsp3) is 0.286. The number of esters is 2. The number of aromatic nitrogens is 1. The minimum absolute atomic E-state index is 0.00752. The van der Waals surface area contributed by atoms with Crippen molar-refractivity contribution in [1.29, 1.82) is 0 Å². The summed E-state index contributed by atoms with van der Waals surface area (Å²) in [6.45, 7) is 1.72. The Bertz CT molecular complexity index is 963. The summed E-state index contributed by atoms with van der Waals surface area (Å²) in [6.07, 6.45) is 1.41. The van der Waals surface area contributed by atoms with E-state index >= 15 is 0 Å². The zero-order valence-electron chi connectivity index (χ0n) is 16.8. The average Bonchev–Trinajstić information content (AvgIpc) is 2.99. The Hall–Kier alpha value is -3.49. The lowest BCUT2D eigenvalue weighted by Crippen LogP contribution is -2.24. The summed E-state index contributed by atoms with van der Waals surface area (Å²) >= 11 is 0. The Kier molecular flexibility index (Phi) is 7.46. The van der Waals surface area contributed by atoms with Crippen LogP contribution in [-0.2, 0) is 14.3 Å². The number of carbonyl (C=O) groups excluding carboxylic acids is 3. The SMILES string of the molecule is COC(=O)c1c(C)[nH]c(C(=O)C(C)OC(=O)/C=C/c2ccc(OC(F)F)cc2)c1C. The molecule has 0 saturated carbocycles. The molecule has 7 nitrogen and oxygen atoms in total. The van der Waals surface area contributed by atoms with Gasteiger partial charge in [-0.3, -0.25) is 4.79 Å². The van der Waals surface area contributed by atoms with E-state index in [1.807, 2.05) is 0 Å². The predicted molar refractivity (Wildman–Crippen MR) is 104 cm³/mol. The molecule has 0 amide bonds. The number of hydrogen-bond donors (Lipinski definition) is 1. The number of H-pyrrole nitrogens is 1. The zero-order valence-corrected chi connectivity index (χ0v) is 16.8. The Morgan fingerprint density at radius 1 is 1.10 bits per heavy atom. The molecule has 0 aliphatic carbocycles. The lowest BCUT2D eigenvalue weighted by Gasteiger charge is -2.10. The molecule has 0 spiro atoms. The highest BCUT2D eigenvalue weighted by Crippen LogP contribution is 2.21. The van der Waals surface area contributed by atoms with Crippen LogP contribution in [-0.4, -0.2) is 42.5 Å². The van der Waals surface area contributed by atoms with E-state index in [1.165, 1.54) is 44.4 Å². The normalized spacial score (nSPS) is 12.1. The first-order valence-electron chi connectivity index (χ1n) is 8.89. The first kappa shape index (κ1) is 22.8. The molecule has 0 aliphatic heterocycles. The van der Waals surface area contributed by atoms with E-state index in [9.17, 15) is 23.2 Å². The number of ether oxygens (including phenoxy) is 3. The number of nitrogens with one attached hydrogen (secondary N) is 1.